The van der Waals surface area contributed by atoms with Gasteiger partial charge in [-0.25, -0.2) is 17.5 Å². The molecule has 2 aromatic rings. The second-order valence-electron chi connectivity index (χ2n) is 4.80. The van der Waals surface area contributed by atoms with Crippen molar-refractivity contribution >= 4 is 10.0 Å². The maximum absolute atomic E-state index is 13.6. The normalized spacial score (nSPS) is 18.8. The largest absolute Gasteiger partial charge is 0.469 e. The highest BCUT2D eigenvalue weighted by Gasteiger charge is 2.28. The van der Waals surface area contributed by atoms with E-state index in [0.29, 0.717) is 6.42 Å². The van der Waals surface area contributed by atoms with E-state index in [4.69, 9.17) is 4.42 Å². The van der Waals surface area contributed by atoms with Gasteiger partial charge in [-0.15, -0.1) is 0 Å². The number of benzene rings is 1. The lowest BCUT2D eigenvalue weighted by atomic mass is 9.94. The van der Waals surface area contributed by atoms with Gasteiger partial charge in [0.25, 0.3) is 0 Å². The van der Waals surface area contributed by atoms with Crippen LogP contribution in [0.5, 0.6) is 0 Å². The molecule has 1 aliphatic rings. The monoisotopic (exact) mass is 295 g/mol. The van der Waals surface area contributed by atoms with Crippen molar-refractivity contribution in [2.24, 2.45) is 0 Å². The Morgan fingerprint density at radius 2 is 2.05 bits per heavy atom. The molecule has 1 atom stereocenters. The van der Waals surface area contributed by atoms with Crippen molar-refractivity contribution in [2.75, 3.05) is 0 Å². The molecule has 1 aromatic carbocycles. The molecule has 106 valence electrons. The fraction of sp³-hybridized carbons (Fsp3) is 0.286. The van der Waals surface area contributed by atoms with E-state index in [1.807, 2.05) is 0 Å². The van der Waals surface area contributed by atoms with Gasteiger partial charge in [0.15, 0.2) is 0 Å². The van der Waals surface area contributed by atoms with E-state index in [1.165, 1.54) is 18.2 Å². The summed E-state index contributed by atoms with van der Waals surface area (Å²) in [6.45, 7) is 0. The summed E-state index contributed by atoms with van der Waals surface area (Å²) in [5.41, 5.74) is 0.844. The zero-order valence-electron chi connectivity index (χ0n) is 10.7. The number of furan rings is 1. The van der Waals surface area contributed by atoms with Crippen molar-refractivity contribution in [1.82, 2.24) is 4.72 Å². The molecule has 0 fully saturated rings. The SMILES string of the molecule is O=S(=O)(N[C@@H]1CCCc2occc21)c1ccccc1F. The third-order valence-electron chi connectivity index (χ3n) is 3.48. The van der Waals surface area contributed by atoms with E-state index in [-0.39, 0.29) is 10.9 Å². The molecule has 0 saturated carbocycles. The topological polar surface area (TPSA) is 59.3 Å². The molecule has 0 amide bonds. The molecule has 4 nitrogen and oxygen atoms in total. The van der Waals surface area contributed by atoms with Gasteiger partial charge in [-0.1, -0.05) is 12.1 Å². The molecular formula is C14H14FNO3S. The first-order valence-corrected chi connectivity index (χ1v) is 7.89. The third-order valence-corrected chi connectivity index (χ3v) is 4.98. The van der Waals surface area contributed by atoms with Crippen molar-refractivity contribution in [3.05, 3.63) is 53.7 Å². The molecule has 1 aromatic heterocycles. The summed E-state index contributed by atoms with van der Waals surface area (Å²) in [6, 6.07) is 6.77. The maximum Gasteiger partial charge on any atom is 0.244 e. The van der Waals surface area contributed by atoms with Crippen molar-refractivity contribution in [2.45, 2.75) is 30.2 Å². The van der Waals surface area contributed by atoms with Gasteiger partial charge in [0, 0.05) is 12.0 Å². The summed E-state index contributed by atoms with van der Waals surface area (Å²) >= 11 is 0. The summed E-state index contributed by atoms with van der Waals surface area (Å²) in [5, 5.41) is 0. The van der Waals surface area contributed by atoms with Crippen LogP contribution in [0, 0.1) is 5.82 Å². The van der Waals surface area contributed by atoms with Crippen molar-refractivity contribution < 1.29 is 17.2 Å². The van der Waals surface area contributed by atoms with E-state index in [9.17, 15) is 12.8 Å². The predicted molar refractivity (Wildman–Crippen MR) is 71.1 cm³/mol. The second-order valence-corrected chi connectivity index (χ2v) is 6.48. The first-order chi connectivity index (χ1) is 9.58. The Balaban J connectivity index is 1.91. The van der Waals surface area contributed by atoms with Gasteiger partial charge in [0.05, 0.1) is 12.3 Å². The van der Waals surface area contributed by atoms with Crippen LogP contribution in [0.2, 0.25) is 0 Å². The molecule has 0 unspecified atom stereocenters. The van der Waals surface area contributed by atoms with Crippen LogP contribution >= 0.6 is 0 Å². The summed E-state index contributed by atoms with van der Waals surface area (Å²) in [4.78, 5) is -0.324. The number of aryl methyl sites for hydroxylation is 1. The fourth-order valence-electron chi connectivity index (χ4n) is 2.52. The van der Waals surface area contributed by atoms with Gasteiger partial charge in [0.2, 0.25) is 10.0 Å². The molecule has 0 radical (unpaired) electrons. The third kappa shape index (κ3) is 2.36. The molecule has 1 N–H and O–H groups in total. The molecule has 6 heteroatoms. The Labute approximate surface area is 116 Å². The Morgan fingerprint density at radius 1 is 1.25 bits per heavy atom. The van der Waals surface area contributed by atoms with Gasteiger partial charge in [-0.05, 0) is 31.0 Å². The molecular weight excluding hydrogens is 281 g/mol. The van der Waals surface area contributed by atoms with Crippen LogP contribution in [0.15, 0.2) is 45.9 Å². The van der Waals surface area contributed by atoms with Crippen LogP contribution in [0.25, 0.3) is 0 Å². The van der Waals surface area contributed by atoms with Crippen molar-refractivity contribution in [3.63, 3.8) is 0 Å². The number of sulfonamides is 1. The predicted octanol–water partition coefficient (Wildman–Crippen LogP) is 2.77. The molecule has 0 bridgehead atoms. The highest BCUT2D eigenvalue weighted by molar-refractivity contribution is 7.89. The van der Waals surface area contributed by atoms with E-state index in [0.717, 1.165) is 30.2 Å². The first-order valence-electron chi connectivity index (χ1n) is 6.41. The van der Waals surface area contributed by atoms with Crippen LogP contribution in [0.4, 0.5) is 4.39 Å². The highest BCUT2D eigenvalue weighted by atomic mass is 32.2. The summed E-state index contributed by atoms with van der Waals surface area (Å²) in [6.07, 6.45) is 3.88. The van der Waals surface area contributed by atoms with Crippen LogP contribution in [-0.4, -0.2) is 8.42 Å². The van der Waals surface area contributed by atoms with Gasteiger partial charge >= 0.3 is 0 Å². The quantitative estimate of drug-likeness (QED) is 0.947. The number of hydrogen-bond donors (Lipinski definition) is 1. The zero-order valence-corrected chi connectivity index (χ0v) is 11.5. The standard InChI is InChI=1S/C14H14FNO3S/c15-11-4-1-2-7-14(11)20(17,18)16-12-5-3-6-13-10(12)8-9-19-13/h1-2,4,7-9,12,16H,3,5-6H2/t12-/m1/s1. The smallest absolute Gasteiger partial charge is 0.244 e. The zero-order chi connectivity index (χ0) is 14.2. The number of hydrogen-bond acceptors (Lipinski definition) is 3. The number of halogens is 1. The summed E-state index contributed by atoms with van der Waals surface area (Å²) in [7, 11) is -3.88. The second kappa shape index (κ2) is 5.03. The van der Waals surface area contributed by atoms with Crippen molar-refractivity contribution in [1.29, 1.82) is 0 Å². The Morgan fingerprint density at radius 3 is 2.85 bits per heavy atom. The maximum atomic E-state index is 13.6. The van der Waals surface area contributed by atoms with Crippen LogP contribution in [0.1, 0.15) is 30.2 Å². The van der Waals surface area contributed by atoms with Crippen LogP contribution in [0.3, 0.4) is 0 Å². The molecule has 1 aliphatic carbocycles. The molecule has 1 heterocycles. The summed E-state index contributed by atoms with van der Waals surface area (Å²) in [5.74, 6) is 0.0562. The minimum atomic E-state index is -3.88. The lowest BCUT2D eigenvalue weighted by Crippen LogP contribution is -2.31. The molecule has 0 aliphatic heterocycles. The molecule has 0 saturated heterocycles. The lowest BCUT2D eigenvalue weighted by molar-refractivity contribution is 0.437. The van der Waals surface area contributed by atoms with Crippen LogP contribution < -0.4 is 4.72 Å². The average molecular weight is 295 g/mol. The fourth-order valence-corrected chi connectivity index (χ4v) is 3.85. The molecule has 20 heavy (non-hydrogen) atoms. The Kier molecular flexibility index (Phi) is 3.35. The lowest BCUT2D eigenvalue weighted by Gasteiger charge is -2.22. The summed E-state index contributed by atoms with van der Waals surface area (Å²) < 4.78 is 46.1. The van der Waals surface area contributed by atoms with Crippen LogP contribution in [-0.2, 0) is 16.4 Å². The number of fused-ring (bicyclic) bond motifs is 1. The van der Waals surface area contributed by atoms with Crippen molar-refractivity contribution in [3.8, 4) is 0 Å². The van der Waals surface area contributed by atoms with E-state index < -0.39 is 15.8 Å². The molecule has 3 rings (SSSR count). The first kappa shape index (κ1) is 13.3. The molecule has 0 spiro atoms. The Bertz CT molecular complexity index is 724. The minimum Gasteiger partial charge on any atom is -0.469 e. The number of rotatable bonds is 3. The van der Waals surface area contributed by atoms with Gasteiger partial charge in [0.1, 0.15) is 16.5 Å². The van der Waals surface area contributed by atoms with E-state index in [1.54, 1.807) is 12.3 Å². The van der Waals surface area contributed by atoms with Gasteiger partial charge < -0.3 is 4.42 Å². The highest BCUT2D eigenvalue weighted by Crippen LogP contribution is 2.31. The van der Waals surface area contributed by atoms with E-state index >= 15 is 0 Å². The minimum absolute atomic E-state index is 0.324. The average Bonchev–Trinajstić information content (AvgIpc) is 2.88. The number of nitrogens with one attached hydrogen (secondary N) is 1. The van der Waals surface area contributed by atoms with Gasteiger partial charge in [-0.3, -0.25) is 0 Å². The van der Waals surface area contributed by atoms with Gasteiger partial charge in [-0.2, -0.15) is 0 Å². The van der Waals surface area contributed by atoms with E-state index in [2.05, 4.69) is 4.72 Å². The Hall–Kier alpha value is -1.66.